The van der Waals surface area contributed by atoms with E-state index in [2.05, 4.69) is 24.3 Å². The predicted octanol–water partition coefficient (Wildman–Crippen LogP) is -0.308. The van der Waals surface area contributed by atoms with Gasteiger partial charge in [0, 0.05) is 5.92 Å². The Labute approximate surface area is 54.7 Å². The number of hydrazine groups is 1. The molecule has 52 valence electrons. The van der Waals surface area contributed by atoms with Crippen LogP contribution in [0.25, 0.3) is 0 Å². The molecule has 3 N–H and O–H groups in total. The molecule has 0 saturated carbocycles. The van der Waals surface area contributed by atoms with Gasteiger partial charge in [-0.25, -0.2) is 11.0 Å². The van der Waals surface area contributed by atoms with Gasteiger partial charge in [0.05, 0.1) is 0 Å². The molecular formula is C5H12N4. The van der Waals surface area contributed by atoms with Crippen molar-refractivity contribution < 1.29 is 0 Å². The van der Waals surface area contributed by atoms with Gasteiger partial charge >= 0.3 is 0 Å². The zero-order chi connectivity index (χ0) is 6.85. The van der Waals surface area contributed by atoms with Gasteiger partial charge in [0.1, 0.15) is 12.5 Å². The third kappa shape index (κ3) is 1.32. The van der Waals surface area contributed by atoms with Gasteiger partial charge in [-0.3, -0.25) is 0 Å². The van der Waals surface area contributed by atoms with Crippen molar-refractivity contribution in [2.75, 3.05) is 6.67 Å². The molecule has 0 aliphatic carbocycles. The van der Waals surface area contributed by atoms with Crippen molar-refractivity contribution in [3.63, 3.8) is 0 Å². The number of nitrogens with zero attached hydrogens (tertiary/aromatic N) is 2. The van der Waals surface area contributed by atoms with Crippen LogP contribution in [0.2, 0.25) is 0 Å². The lowest BCUT2D eigenvalue weighted by Gasteiger charge is -2.00. The first-order valence-corrected chi connectivity index (χ1v) is 3.04. The molecule has 0 aromatic heterocycles. The smallest absolute Gasteiger partial charge is 0.128 e. The largest absolute Gasteiger partial charge is 0.352 e. The van der Waals surface area contributed by atoms with E-state index in [-0.39, 0.29) is 0 Å². The van der Waals surface area contributed by atoms with E-state index >= 15 is 0 Å². The SMILES string of the molecule is CC(C)C1=NN(N)CN1. The summed E-state index contributed by atoms with van der Waals surface area (Å²) in [4.78, 5) is 0. The number of amidine groups is 1. The number of hydrogen-bond donors (Lipinski definition) is 2. The first-order chi connectivity index (χ1) is 4.20. The highest BCUT2D eigenvalue weighted by molar-refractivity contribution is 5.84. The lowest BCUT2D eigenvalue weighted by Crippen LogP contribution is -2.29. The van der Waals surface area contributed by atoms with Crippen LogP contribution in [0.4, 0.5) is 0 Å². The van der Waals surface area contributed by atoms with Crippen LogP contribution in [0.3, 0.4) is 0 Å². The maximum absolute atomic E-state index is 5.35. The van der Waals surface area contributed by atoms with Gasteiger partial charge in [-0.2, -0.15) is 0 Å². The van der Waals surface area contributed by atoms with Gasteiger partial charge in [-0.1, -0.05) is 13.8 Å². The van der Waals surface area contributed by atoms with Crippen LogP contribution in [0, 0.1) is 5.92 Å². The molecule has 0 unspecified atom stereocenters. The van der Waals surface area contributed by atoms with Crippen LogP contribution < -0.4 is 11.2 Å². The monoisotopic (exact) mass is 128 g/mol. The van der Waals surface area contributed by atoms with Crippen LogP contribution >= 0.6 is 0 Å². The summed E-state index contributed by atoms with van der Waals surface area (Å²) < 4.78 is 0. The van der Waals surface area contributed by atoms with Crippen molar-refractivity contribution in [2.24, 2.45) is 16.9 Å². The highest BCUT2D eigenvalue weighted by Crippen LogP contribution is 1.99. The highest BCUT2D eigenvalue weighted by Gasteiger charge is 2.11. The molecule has 0 aromatic rings. The van der Waals surface area contributed by atoms with Gasteiger partial charge in [0.25, 0.3) is 0 Å². The topological polar surface area (TPSA) is 53.6 Å². The van der Waals surface area contributed by atoms with Crippen molar-refractivity contribution >= 4 is 5.84 Å². The lowest BCUT2D eigenvalue weighted by atomic mass is 10.2. The summed E-state index contributed by atoms with van der Waals surface area (Å²) in [5.74, 6) is 6.76. The first kappa shape index (κ1) is 6.35. The molecule has 1 aliphatic rings. The van der Waals surface area contributed by atoms with E-state index in [1.807, 2.05) is 0 Å². The average molecular weight is 128 g/mol. The summed E-state index contributed by atoms with van der Waals surface area (Å²) in [6.45, 7) is 4.78. The van der Waals surface area contributed by atoms with Crippen molar-refractivity contribution in [1.29, 1.82) is 0 Å². The molecule has 1 heterocycles. The van der Waals surface area contributed by atoms with Gasteiger partial charge < -0.3 is 5.32 Å². The summed E-state index contributed by atoms with van der Waals surface area (Å²) in [7, 11) is 0. The second-order valence-corrected chi connectivity index (χ2v) is 2.41. The minimum Gasteiger partial charge on any atom is -0.352 e. The van der Waals surface area contributed by atoms with Crippen LogP contribution in [-0.4, -0.2) is 17.6 Å². The van der Waals surface area contributed by atoms with Gasteiger partial charge in [-0.15, -0.1) is 5.10 Å². The molecule has 1 rings (SSSR count). The first-order valence-electron chi connectivity index (χ1n) is 3.04. The van der Waals surface area contributed by atoms with Crippen molar-refractivity contribution in [2.45, 2.75) is 13.8 Å². The predicted molar refractivity (Wildman–Crippen MR) is 36.3 cm³/mol. The minimum atomic E-state index is 0.443. The Morgan fingerprint density at radius 2 is 2.44 bits per heavy atom. The Morgan fingerprint density at radius 1 is 1.78 bits per heavy atom. The van der Waals surface area contributed by atoms with E-state index in [9.17, 15) is 0 Å². The molecule has 0 fully saturated rings. The lowest BCUT2D eigenvalue weighted by molar-refractivity contribution is 0.321. The summed E-state index contributed by atoms with van der Waals surface area (Å²) in [6.07, 6.45) is 0. The summed E-state index contributed by atoms with van der Waals surface area (Å²) in [5.41, 5.74) is 0. The fourth-order valence-electron chi connectivity index (χ4n) is 0.691. The second kappa shape index (κ2) is 2.23. The molecule has 1 aliphatic heterocycles. The maximum Gasteiger partial charge on any atom is 0.128 e. The van der Waals surface area contributed by atoms with Crippen molar-refractivity contribution in [3.8, 4) is 0 Å². The molecule has 4 nitrogen and oxygen atoms in total. The van der Waals surface area contributed by atoms with Crippen molar-refractivity contribution in [3.05, 3.63) is 0 Å². The van der Waals surface area contributed by atoms with E-state index < -0.39 is 0 Å². The standard InChI is InChI=1S/C5H12N4/c1-4(2)5-7-3-9(6)8-5/h4H,3,6H2,1-2H3,(H,7,8). The summed E-state index contributed by atoms with van der Waals surface area (Å²) in [6, 6.07) is 0. The van der Waals surface area contributed by atoms with Gasteiger partial charge in [-0.05, 0) is 0 Å². The number of hydrazone groups is 1. The number of rotatable bonds is 1. The molecule has 0 saturated heterocycles. The fraction of sp³-hybridized carbons (Fsp3) is 0.800. The maximum atomic E-state index is 5.35. The van der Waals surface area contributed by atoms with Gasteiger partial charge in [0.15, 0.2) is 0 Å². The zero-order valence-electron chi connectivity index (χ0n) is 5.76. The molecule has 0 amide bonds. The Kier molecular flexibility index (Phi) is 1.57. The number of nitrogens with two attached hydrogens (primary N) is 1. The Hall–Kier alpha value is -0.770. The molecule has 0 radical (unpaired) electrons. The minimum absolute atomic E-state index is 0.443. The third-order valence-corrected chi connectivity index (χ3v) is 1.21. The Morgan fingerprint density at radius 3 is 2.67 bits per heavy atom. The average Bonchev–Trinajstić information content (AvgIpc) is 2.14. The van der Waals surface area contributed by atoms with E-state index in [4.69, 9.17) is 5.84 Å². The van der Waals surface area contributed by atoms with E-state index in [1.54, 1.807) is 0 Å². The fourth-order valence-corrected chi connectivity index (χ4v) is 0.691. The quantitative estimate of drug-likeness (QED) is 0.476. The van der Waals surface area contributed by atoms with Crippen molar-refractivity contribution in [1.82, 2.24) is 10.4 Å². The van der Waals surface area contributed by atoms with Crippen LogP contribution in [-0.2, 0) is 0 Å². The van der Waals surface area contributed by atoms with Gasteiger partial charge in [0.2, 0.25) is 0 Å². The molecule has 4 heteroatoms. The molecule has 0 atom stereocenters. The van der Waals surface area contributed by atoms with Crippen LogP contribution in [0.5, 0.6) is 0 Å². The summed E-state index contributed by atoms with van der Waals surface area (Å²) in [5, 5.41) is 8.46. The molecular weight excluding hydrogens is 116 g/mol. The third-order valence-electron chi connectivity index (χ3n) is 1.21. The second-order valence-electron chi connectivity index (χ2n) is 2.41. The highest BCUT2D eigenvalue weighted by atomic mass is 15.7. The van der Waals surface area contributed by atoms with E-state index in [0.29, 0.717) is 12.6 Å². The number of nitrogens with one attached hydrogen (secondary N) is 1. The van der Waals surface area contributed by atoms with E-state index in [1.165, 1.54) is 5.12 Å². The van der Waals surface area contributed by atoms with Crippen LogP contribution in [0.15, 0.2) is 5.10 Å². The molecule has 0 spiro atoms. The summed E-state index contributed by atoms with van der Waals surface area (Å²) >= 11 is 0. The normalized spacial score (nSPS) is 18.2. The molecule has 9 heavy (non-hydrogen) atoms. The Balaban J connectivity index is 2.52. The number of hydrogen-bond acceptors (Lipinski definition) is 4. The van der Waals surface area contributed by atoms with Crippen LogP contribution in [0.1, 0.15) is 13.8 Å². The molecule has 0 bridgehead atoms. The zero-order valence-corrected chi connectivity index (χ0v) is 5.76. The Bertz CT molecular complexity index is 129. The molecule has 0 aromatic carbocycles. The van der Waals surface area contributed by atoms with E-state index in [0.717, 1.165) is 5.84 Å².